The van der Waals surface area contributed by atoms with E-state index in [9.17, 15) is 9.90 Å². The second-order valence-electron chi connectivity index (χ2n) is 10.0. The predicted molar refractivity (Wildman–Crippen MR) is 96.4 cm³/mol. The van der Waals surface area contributed by atoms with E-state index in [2.05, 4.69) is 26.8 Å². The topological polar surface area (TPSA) is 37.3 Å². The molecular weight excluding hydrogens is 296 g/mol. The molecule has 0 aromatic heterocycles. The first-order chi connectivity index (χ1) is 11.3. The summed E-state index contributed by atoms with van der Waals surface area (Å²) in [5, 5.41) is 10.1. The monoisotopic (exact) mass is 330 g/mol. The van der Waals surface area contributed by atoms with Gasteiger partial charge in [0.05, 0.1) is 6.10 Å². The smallest absolute Gasteiger partial charge is 0.133 e. The van der Waals surface area contributed by atoms with Gasteiger partial charge >= 0.3 is 0 Å². The first kappa shape index (κ1) is 16.8. The molecule has 0 saturated heterocycles. The van der Waals surface area contributed by atoms with Crippen molar-refractivity contribution in [3.8, 4) is 0 Å². The summed E-state index contributed by atoms with van der Waals surface area (Å²) < 4.78 is 0. The maximum atomic E-state index is 12.4. The molecule has 3 fully saturated rings. The number of hydrogen-bond acceptors (Lipinski definition) is 2. The summed E-state index contributed by atoms with van der Waals surface area (Å²) >= 11 is 0. The van der Waals surface area contributed by atoms with E-state index in [1.165, 1.54) is 25.7 Å². The van der Waals surface area contributed by atoms with Crippen molar-refractivity contribution >= 4 is 5.78 Å². The lowest BCUT2D eigenvalue weighted by Gasteiger charge is -2.57. The largest absolute Gasteiger partial charge is 0.393 e. The minimum atomic E-state index is -0.122. The Balaban J connectivity index is 1.68. The minimum absolute atomic E-state index is 0.122. The number of ketones is 1. The van der Waals surface area contributed by atoms with E-state index in [4.69, 9.17) is 0 Å². The summed E-state index contributed by atoms with van der Waals surface area (Å²) in [6.07, 6.45) is 10.3. The molecule has 1 N–H and O–H groups in total. The predicted octanol–water partition coefficient (Wildman–Crippen LogP) is 4.76. The highest BCUT2D eigenvalue weighted by atomic mass is 16.3. The lowest BCUT2D eigenvalue weighted by atomic mass is 9.47. The average molecular weight is 331 g/mol. The first-order valence-electron chi connectivity index (χ1n) is 10.2. The Hall–Kier alpha value is -0.630. The van der Waals surface area contributed by atoms with Crippen molar-refractivity contribution in [2.24, 2.45) is 40.4 Å². The third-order valence-electron chi connectivity index (χ3n) is 8.86. The highest BCUT2D eigenvalue weighted by molar-refractivity contribution is 5.80. The van der Waals surface area contributed by atoms with Crippen LogP contribution in [-0.4, -0.2) is 17.0 Å². The van der Waals surface area contributed by atoms with Crippen LogP contribution >= 0.6 is 0 Å². The molecule has 4 aliphatic rings. The van der Waals surface area contributed by atoms with Gasteiger partial charge in [0.25, 0.3) is 0 Å². The summed E-state index contributed by atoms with van der Waals surface area (Å²) in [4.78, 5) is 12.4. The first-order valence-corrected chi connectivity index (χ1v) is 10.2. The number of rotatable bonds is 1. The van der Waals surface area contributed by atoms with Crippen LogP contribution in [0.5, 0.6) is 0 Å². The van der Waals surface area contributed by atoms with E-state index in [1.807, 2.05) is 6.92 Å². The molecular formula is C22H34O2. The molecule has 2 heteroatoms. The third-order valence-corrected chi connectivity index (χ3v) is 8.86. The maximum absolute atomic E-state index is 12.4. The van der Waals surface area contributed by atoms with E-state index in [1.54, 1.807) is 5.57 Å². The van der Waals surface area contributed by atoms with Crippen molar-refractivity contribution in [1.29, 1.82) is 0 Å². The van der Waals surface area contributed by atoms with Crippen molar-refractivity contribution < 1.29 is 9.90 Å². The van der Waals surface area contributed by atoms with Crippen LogP contribution in [-0.2, 0) is 4.79 Å². The number of carbonyl (C=O) groups excluding carboxylic acids is 1. The number of aliphatic hydroxyl groups is 1. The molecule has 4 aliphatic carbocycles. The number of hydrogen-bond donors (Lipinski definition) is 1. The molecule has 0 radical (unpaired) electrons. The lowest BCUT2D eigenvalue weighted by Crippen LogP contribution is -2.51. The normalized spacial score (nSPS) is 53.6. The van der Waals surface area contributed by atoms with Crippen molar-refractivity contribution in [1.82, 2.24) is 0 Å². The highest BCUT2D eigenvalue weighted by Gasteiger charge is 2.61. The molecule has 24 heavy (non-hydrogen) atoms. The number of allylic oxidation sites excluding steroid dienone is 1. The Morgan fingerprint density at radius 2 is 1.96 bits per heavy atom. The Morgan fingerprint density at radius 1 is 1.21 bits per heavy atom. The van der Waals surface area contributed by atoms with E-state index in [0.717, 1.165) is 31.1 Å². The van der Waals surface area contributed by atoms with E-state index < -0.39 is 0 Å². The van der Waals surface area contributed by atoms with Crippen molar-refractivity contribution in [3.63, 3.8) is 0 Å². The fraction of sp³-hybridized carbons (Fsp3) is 0.864. The quantitative estimate of drug-likeness (QED) is 0.704. The van der Waals surface area contributed by atoms with Crippen LogP contribution in [0, 0.1) is 40.4 Å². The second kappa shape index (κ2) is 5.43. The molecule has 0 aromatic carbocycles. The van der Waals surface area contributed by atoms with Gasteiger partial charge in [-0.1, -0.05) is 32.4 Å². The molecule has 134 valence electrons. The number of Topliss-reactive ketones (excluding diaryl/α,β-unsaturated/α-hetero) is 1. The van der Waals surface area contributed by atoms with Crippen LogP contribution in [0.25, 0.3) is 0 Å². The Labute approximate surface area is 147 Å². The molecule has 8 atom stereocenters. The molecule has 0 bridgehead atoms. The van der Waals surface area contributed by atoms with Crippen LogP contribution in [0.2, 0.25) is 0 Å². The zero-order valence-corrected chi connectivity index (χ0v) is 15.8. The SMILES string of the molecule is CC(=O)[C@H]1[C@@H](C)C[C@H]2[C@@H]3CC=C4C[C@H](O)CC[C@]4(C)[C@H]3CC[C@@]21C. The Kier molecular flexibility index (Phi) is 3.81. The summed E-state index contributed by atoms with van der Waals surface area (Å²) in [5.41, 5.74) is 2.07. The van der Waals surface area contributed by atoms with Gasteiger partial charge in [-0.3, -0.25) is 4.79 Å². The summed E-state index contributed by atoms with van der Waals surface area (Å²) in [6.45, 7) is 9.04. The van der Waals surface area contributed by atoms with Gasteiger partial charge in [-0.15, -0.1) is 0 Å². The van der Waals surface area contributed by atoms with Crippen LogP contribution in [0.3, 0.4) is 0 Å². The number of carbonyl (C=O) groups is 1. The van der Waals surface area contributed by atoms with Crippen molar-refractivity contribution in [3.05, 3.63) is 11.6 Å². The molecule has 0 unspecified atom stereocenters. The van der Waals surface area contributed by atoms with E-state index in [-0.39, 0.29) is 17.4 Å². The zero-order valence-electron chi connectivity index (χ0n) is 15.8. The van der Waals surface area contributed by atoms with Gasteiger partial charge in [-0.05, 0) is 86.4 Å². The lowest BCUT2D eigenvalue weighted by molar-refractivity contribution is -0.128. The van der Waals surface area contributed by atoms with Gasteiger partial charge in [-0.25, -0.2) is 0 Å². The Morgan fingerprint density at radius 3 is 2.67 bits per heavy atom. The molecule has 0 heterocycles. The van der Waals surface area contributed by atoms with Gasteiger partial charge in [0, 0.05) is 5.92 Å². The van der Waals surface area contributed by atoms with Gasteiger partial charge in [0.2, 0.25) is 0 Å². The molecule has 4 rings (SSSR count). The second-order valence-corrected chi connectivity index (χ2v) is 10.0. The van der Waals surface area contributed by atoms with Gasteiger partial charge in [0.1, 0.15) is 5.78 Å². The van der Waals surface area contributed by atoms with E-state index in [0.29, 0.717) is 23.0 Å². The van der Waals surface area contributed by atoms with Gasteiger partial charge in [-0.2, -0.15) is 0 Å². The fourth-order valence-corrected chi connectivity index (χ4v) is 7.87. The average Bonchev–Trinajstić information content (AvgIpc) is 2.78. The molecule has 2 nitrogen and oxygen atoms in total. The van der Waals surface area contributed by atoms with Crippen molar-refractivity contribution in [2.45, 2.75) is 78.7 Å². The van der Waals surface area contributed by atoms with Crippen molar-refractivity contribution in [2.75, 3.05) is 0 Å². The summed E-state index contributed by atoms with van der Waals surface area (Å²) in [6, 6.07) is 0. The highest BCUT2D eigenvalue weighted by Crippen LogP contribution is 2.67. The van der Waals surface area contributed by atoms with Gasteiger partial charge in [0.15, 0.2) is 0 Å². The molecule has 0 aliphatic heterocycles. The molecule has 0 spiro atoms. The zero-order chi connectivity index (χ0) is 17.3. The summed E-state index contributed by atoms with van der Waals surface area (Å²) in [7, 11) is 0. The standard InChI is InChI=1S/C22H34O2/c1-13-11-19-17-6-5-15-12-16(24)7-9-21(15,3)18(17)8-10-22(19,4)20(13)14(2)23/h5,13,16-20,24H,6-12H2,1-4H3/t13-,16+,17+,18-,19-,20+,21-,22-/m0/s1. The Bertz CT molecular complexity index is 579. The summed E-state index contributed by atoms with van der Waals surface area (Å²) in [5.74, 6) is 3.46. The number of fused-ring (bicyclic) bond motifs is 5. The fourth-order valence-electron chi connectivity index (χ4n) is 7.87. The van der Waals surface area contributed by atoms with Crippen LogP contribution in [0.4, 0.5) is 0 Å². The van der Waals surface area contributed by atoms with E-state index >= 15 is 0 Å². The molecule has 3 saturated carbocycles. The maximum Gasteiger partial charge on any atom is 0.133 e. The number of aliphatic hydroxyl groups excluding tert-OH is 1. The molecule has 0 amide bonds. The van der Waals surface area contributed by atoms with Gasteiger partial charge < -0.3 is 5.11 Å². The van der Waals surface area contributed by atoms with Crippen LogP contribution in [0.15, 0.2) is 11.6 Å². The molecule has 0 aromatic rings. The van der Waals surface area contributed by atoms with Crippen LogP contribution in [0.1, 0.15) is 72.6 Å². The van der Waals surface area contributed by atoms with Crippen LogP contribution < -0.4 is 0 Å². The minimum Gasteiger partial charge on any atom is -0.393 e. The third kappa shape index (κ3) is 2.14.